The first-order chi connectivity index (χ1) is 12.3. The highest BCUT2D eigenvalue weighted by molar-refractivity contribution is 5.80. The summed E-state index contributed by atoms with van der Waals surface area (Å²) in [6.45, 7) is 2.18. The lowest BCUT2D eigenvalue weighted by Gasteiger charge is -2.11. The maximum absolute atomic E-state index is 10.3. The average molecular weight is 331 g/mol. The van der Waals surface area contributed by atoms with Gasteiger partial charge < -0.3 is 5.11 Å². The van der Waals surface area contributed by atoms with Crippen molar-refractivity contribution in [2.45, 2.75) is 38.7 Å². The number of para-hydroxylation sites is 1. The Morgan fingerprint density at radius 2 is 1.84 bits per heavy atom. The van der Waals surface area contributed by atoms with Crippen LogP contribution < -0.4 is 0 Å². The van der Waals surface area contributed by atoms with Gasteiger partial charge in [0.2, 0.25) is 0 Å². The lowest BCUT2D eigenvalue weighted by Crippen LogP contribution is -1.97. The van der Waals surface area contributed by atoms with E-state index in [1.807, 2.05) is 42.5 Å². The number of aliphatic hydroxyl groups is 1. The normalized spacial score (nSPS) is 12.7. The Hall–Kier alpha value is -2.45. The van der Waals surface area contributed by atoms with Crippen molar-refractivity contribution in [3.05, 3.63) is 77.5 Å². The van der Waals surface area contributed by atoms with Crippen molar-refractivity contribution in [1.82, 2.24) is 4.98 Å². The number of rotatable bonds is 7. The topological polar surface area (TPSA) is 33.1 Å². The van der Waals surface area contributed by atoms with E-state index in [0.29, 0.717) is 0 Å². The molecule has 0 aliphatic rings. The number of hydrogen-bond acceptors (Lipinski definition) is 2. The second kappa shape index (κ2) is 8.59. The second-order valence-electron chi connectivity index (χ2n) is 6.44. The molecular formula is C23H25NO. The van der Waals surface area contributed by atoms with Crippen LogP contribution in [0, 0.1) is 0 Å². The molecule has 3 rings (SSSR count). The maximum Gasteiger partial charge on any atom is 0.0790 e. The zero-order valence-corrected chi connectivity index (χ0v) is 14.7. The van der Waals surface area contributed by atoms with Crippen LogP contribution in [0.15, 0.2) is 60.7 Å². The second-order valence-corrected chi connectivity index (χ2v) is 6.44. The van der Waals surface area contributed by atoms with Gasteiger partial charge in [-0.1, -0.05) is 74.7 Å². The third-order valence-corrected chi connectivity index (χ3v) is 4.44. The van der Waals surface area contributed by atoms with Crippen LogP contribution in [-0.4, -0.2) is 10.1 Å². The molecule has 1 heterocycles. The Kier molecular flexibility index (Phi) is 5.97. The van der Waals surface area contributed by atoms with E-state index in [1.165, 1.54) is 12.8 Å². The van der Waals surface area contributed by atoms with Crippen molar-refractivity contribution in [2.75, 3.05) is 0 Å². The maximum atomic E-state index is 10.3. The third kappa shape index (κ3) is 4.77. The summed E-state index contributed by atoms with van der Waals surface area (Å²) in [5, 5.41) is 11.5. The summed E-state index contributed by atoms with van der Waals surface area (Å²) in [7, 11) is 0. The summed E-state index contributed by atoms with van der Waals surface area (Å²) in [5.74, 6) is 0. The van der Waals surface area contributed by atoms with Crippen molar-refractivity contribution < 1.29 is 5.11 Å². The number of aromatic nitrogens is 1. The molecule has 2 heteroatoms. The fourth-order valence-electron chi connectivity index (χ4n) is 2.98. The van der Waals surface area contributed by atoms with Crippen LogP contribution in [0.2, 0.25) is 0 Å². The zero-order valence-electron chi connectivity index (χ0n) is 14.7. The van der Waals surface area contributed by atoms with Crippen molar-refractivity contribution in [3.8, 4) is 0 Å². The summed E-state index contributed by atoms with van der Waals surface area (Å²) < 4.78 is 0. The van der Waals surface area contributed by atoms with Crippen LogP contribution in [0.5, 0.6) is 0 Å². The number of aliphatic hydroxyl groups excluding tert-OH is 1. The molecule has 2 nitrogen and oxygen atoms in total. The third-order valence-electron chi connectivity index (χ3n) is 4.44. The van der Waals surface area contributed by atoms with E-state index in [1.54, 1.807) is 0 Å². The zero-order chi connectivity index (χ0) is 17.5. The van der Waals surface area contributed by atoms with E-state index < -0.39 is 0 Å². The lowest BCUT2D eigenvalue weighted by molar-refractivity contribution is 0.163. The largest absolute Gasteiger partial charge is 0.388 e. The van der Waals surface area contributed by atoms with Crippen LogP contribution in [0.1, 0.15) is 55.5 Å². The highest BCUT2D eigenvalue weighted by Crippen LogP contribution is 2.21. The molecule has 0 saturated carbocycles. The Balaban J connectivity index is 1.73. The fraction of sp³-hybridized carbons (Fsp3) is 0.261. The predicted octanol–water partition coefficient (Wildman–Crippen LogP) is 6.02. The Bertz CT molecular complexity index is 853. The first-order valence-electron chi connectivity index (χ1n) is 9.08. The van der Waals surface area contributed by atoms with Gasteiger partial charge in [0, 0.05) is 5.39 Å². The van der Waals surface area contributed by atoms with Crippen LogP contribution in [-0.2, 0) is 0 Å². The first kappa shape index (κ1) is 17.4. The Morgan fingerprint density at radius 3 is 2.72 bits per heavy atom. The average Bonchev–Trinajstić information content (AvgIpc) is 2.66. The van der Waals surface area contributed by atoms with Crippen molar-refractivity contribution in [2.24, 2.45) is 0 Å². The molecule has 1 N–H and O–H groups in total. The first-order valence-corrected chi connectivity index (χ1v) is 9.08. The quantitative estimate of drug-likeness (QED) is 0.537. The Labute approximate surface area is 149 Å². The van der Waals surface area contributed by atoms with E-state index in [2.05, 4.69) is 42.2 Å². The molecule has 0 spiro atoms. The minimum absolute atomic E-state index is 0.376. The SMILES string of the molecule is CCCCCC(O)c1cccc(/C=C/c2ccc3ccccc3n2)c1. The molecule has 1 unspecified atom stereocenters. The summed E-state index contributed by atoms with van der Waals surface area (Å²) >= 11 is 0. The molecule has 0 fully saturated rings. The monoisotopic (exact) mass is 331 g/mol. The summed E-state index contributed by atoms with van der Waals surface area (Å²) in [6, 6.07) is 20.4. The number of unbranched alkanes of at least 4 members (excludes halogenated alkanes) is 2. The molecule has 0 amide bonds. The molecule has 2 aromatic carbocycles. The number of benzene rings is 2. The van der Waals surface area contributed by atoms with Gasteiger partial charge in [0.15, 0.2) is 0 Å². The molecule has 0 bridgehead atoms. The molecule has 1 atom stereocenters. The van der Waals surface area contributed by atoms with E-state index in [4.69, 9.17) is 0 Å². The van der Waals surface area contributed by atoms with E-state index in [-0.39, 0.29) is 6.10 Å². The highest BCUT2D eigenvalue weighted by atomic mass is 16.3. The fourth-order valence-corrected chi connectivity index (χ4v) is 2.98. The summed E-state index contributed by atoms with van der Waals surface area (Å²) in [6.07, 6.45) is 7.94. The Morgan fingerprint density at radius 1 is 0.960 bits per heavy atom. The van der Waals surface area contributed by atoms with Gasteiger partial charge in [-0.3, -0.25) is 0 Å². The van der Waals surface area contributed by atoms with Gasteiger partial charge in [0.05, 0.1) is 17.3 Å². The number of fused-ring (bicyclic) bond motifs is 1. The molecule has 128 valence electrons. The molecule has 3 aromatic rings. The number of nitrogens with zero attached hydrogens (tertiary/aromatic N) is 1. The minimum atomic E-state index is -0.376. The molecular weight excluding hydrogens is 306 g/mol. The van der Waals surface area contributed by atoms with E-state index in [0.717, 1.165) is 40.6 Å². The van der Waals surface area contributed by atoms with Gasteiger partial charge in [-0.05, 0) is 41.8 Å². The van der Waals surface area contributed by atoms with Crippen LogP contribution in [0.3, 0.4) is 0 Å². The summed E-state index contributed by atoms with van der Waals surface area (Å²) in [4.78, 5) is 4.66. The van der Waals surface area contributed by atoms with Crippen LogP contribution in [0.25, 0.3) is 23.1 Å². The smallest absolute Gasteiger partial charge is 0.0790 e. The lowest BCUT2D eigenvalue weighted by atomic mass is 10.0. The number of hydrogen-bond donors (Lipinski definition) is 1. The van der Waals surface area contributed by atoms with Gasteiger partial charge in [-0.15, -0.1) is 0 Å². The van der Waals surface area contributed by atoms with Crippen LogP contribution in [0.4, 0.5) is 0 Å². The highest BCUT2D eigenvalue weighted by Gasteiger charge is 2.07. The summed E-state index contributed by atoms with van der Waals surface area (Å²) in [5.41, 5.74) is 4.02. The van der Waals surface area contributed by atoms with Gasteiger partial charge >= 0.3 is 0 Å². The standard InChI is InChI=1S/C23H25NO/c1-2-3-4-12-23(25)20-10-7-8-18(17-20)13-15-21-16-14-19-9-5-6-11-22(19)24-21/h5-11,13-17,23,25H,2-4,12H2,1H3/b15-13+. The molecule has 0 saturated heterocycles. The molecule has 0 radical (unpaired) electrons. The van der Waals surface area contributed by atoms with Gasteiger partial charge in [-0.2, -0.15) is 0 Å². The molecule has 25 heavy (non-hydrogen) atoms. The van der Waals surface area contributed by atoms with Crippen molar-refractivity contribution >= 4 is 23.1 Å². The molecule has 0 aliphatic carbocycles. The molecule has 1 aromatic heterocycles. The van der Waals surface area contributed by atoms with Gasteiger partial charge in [0.25, 0.3) is 0 Å². The van der Waals surface area contributed by atoms with E-state index in [9.17, 15) is 5.11 Å². The van der Waals surface area contributed by atoms with E-state index >= 15 is 0 Å². The number of pyridine rings is 1. The van der Waals surface area contributed by atoms with Crippen molar-refractivity contribution in [3.63, 3.8) is 0 Å². The van der Waals surface area contributed by atoms with Crippen LogP contribution >= 0.6 is 0 Å². The van der Waals surface area contributed by atoms with Gasteiger partial charge in [-0.25, -0.2) is 4.98 Å². The van der Waals surface area contributed by atoms with Gasteiger partial charge in [0.1, 0.15) is 0 Å². The van der Waals surface area contributed by atoms with Crippen molar-refractivity contribution in [1.29, 1.82) is 0 Å². The molecule has 0 aliphatic heterocycles. The minimum Gasteiger partial charge on any atom is -0.388 e. The predicted molar refractivity (Wildman–Crippen MR) is 106 cm³/mol.